The van der Waals surface area contributed by atoms with Crippen molar-refractivity contribution in [2.45, 2.75) is 79.1 Å². The van der Waals surface area contributed by atoms with Gasteiger partial charge >= 0.3 is 0 Å². The molecule has 3 aromatic rings. The molecule has 0 aliphatic heterocycles. The summed E-state index contributed by atoms with van der Waals surface area (Å²) in [6.45, 7) is 20.3. The monoisotopic (exact) mass is 398 g/mol. The summed E-state index contributed by atoms with van der Waals surface area (Å²) in [5, 5.41) is 0. The van der Waals surface area contributed by atoms with Crippen LogP contribution in [0.4, 0.5) is 0 Å². The van der Waals surface area contributed by atoms with E-state index in [-0.39, 0.29) is 16.7 Å². The number of hydrogen-bond acceptors (Lipinski definition) is 0. The Kier molecular flexibility index (Phi) is 6.01. The Morgan fingerprint density at radius 2 is 0.833 bits per heavy atom. The maximum Gasteiger partial charge on any atom is 0.0340 e. The van der Waals surface area contributed by atoms with Crippen molar-refractivity contribution in [2.24, 2.45) is 0 Å². The van der Waals surface area contributed by atoms with Gasteiger partial charge in [-0.25, -0.2) is 0 Å². The normalized spacial score (nSPS) is 12.5. The Bertz CT molecular complexity index is 923. The maximum atomic E-state index is 2.38. The molecule has 0 spiro atoms. The van der Waals surface area contributed by atoms with Crippen molar-refractivity contribution >= 4 is 0 Å². The molecule has 0 fully saturated rings. The van der Waals surface area contributed by atoms with E-state index >= 15 is 0 Å². The van der Waals surface area contributed by atoms with Crippen molar-refractivity contribution < 1.29 is 0 Å². The van der Waals surface area contributed by atoms with Gasteiger partial charge in [0, 0.05) is 5.92 Å². The summed E-state index contributed by atoms with van der Waals surface area (Å²) in [5.41, 5.74) is 11.3. The molecule has 0 unspecified atom stereocenters. The summed E-state index contributed by atoms with van der Waals surface area (Å²) >= 11 is 0. The summed E-state index contributed by atoms with van der Waals surface area (Å²) in [6, 6.07) is 23.3. The third-order valence-electron chi connectivity index (χ3n) is 6.50. The molecule has 0 saturated heterocycles. The molecule has 0 aromatic heterocycles. The Hall–Kier alpha value is -2.34. The van der Waals surface area contributed by atoms with E-state index in [9.17, 15) is 0 Å². The fourth-order valence-electron chi connectivity index (χ4n) is 4.16. The van der Waals surface area contributed by atoms with Gasteiger partial charge < -0.3 is 0 Å². The van der Waals surface area contributed by atoms with Gasteiger partial charge in [0.1, 0.15) is 0 Å². The summed E-state index contributed by atoms with van der Waals surface area (Å²) in [7, 11) is 0. The maximum absolute atomic E-state index is 2.38. The molecule has 0 heterocycles. The first-order valence-electron chi connectivity index (χ1n) is 11.2. The molecule has 0 heteroatoms. The zero-order valence-electron chi connectivity index (χ0n) is 20.4. The zero-order valence-corrected chi connectivity index (χ0v) is 20.4. The first kappa shape index (κ1) is 22.3. The van der Waals surface area contributed by atoms with E-state index in [1.807, 2.05) is 0 Å². The van der Waals surface area contributed by atoms with E-state index in [1.165, 1.54) is 44.5 Å². The molecular formula is C30H38. The minimum atomic E-state index is 0.166. The van der Waals surface area contributed by atoms with Gasteiger partial charge in [-0.1, -0.05) is 102 Å². The highest BCUT2D eigenvalue weighted by Crippen LogP contribution is 2.36. The summed E-state index contributed by atoms with van der Waals surface area (Å²) in [6.07, 6.45) is 0. The molecule has 0 radical (unpaired) electrons. The molecule has 0 bridgehead atoms. The molecule has 0 N–H and O–H groups in total. The van der Waals surface area contributed by atoms with Gasteiger partial charge in [-0.05, 0) is 76.1 Å². The molecule has 30 heavy (non-hydrogen) atoms. The molecule has 3 aromatic carbocycles. The summed E-state index contributed by atoms with van der Waals surface area (Å²) in [4.78, 5) is 0. The van der Waals surface area contributed by atoms with Crippen LogP contribution in [0.2, 0.25) is 0 Å². The number of rotatable bonds is 3. The predicted molar refractivity (Wildman–Crippen MR) is 132 cm³/mol. The molecule has 0 aliphatic rings. The largest absolute Gasteiger partial charge is 0.0582 e. The smallest absolute Gasteiger partial charge is 0.0340 e. The first-order chi connectivity index (χ1) is 13.9. The molecule has 0 amide bonds. The lowest BCUT2D eigenvalue weighted by atomic mass is 9.79. The average Bonchev–Trinajstić information content (AvgIpc) is 2.66. The van der Waals surface area contributed by atoms with E-state index < -0.39 is 0 Å². The topological polar surface area (TPSA) is 0 Å². The van der Waals surface area contributed by atoms with Crippen LogP contribution >= 0.6 is 0 Å². The fourth-order valence-corrected chi connectivity index (χ4v) is 4.16. The minimum absolute atomic E-state index is 0.166. The standard InChI is InChI=1S/C30H38/c1-20-18-25(19-21(2)22(20)3)28(23-10-14-26(15-11-23)29(4,5)6)24-12-16-27(17-13-24)30(7,8)9/h10-19,28H,1-9H3. The number of aryl methyl sites for hydroxylation is 2. The average molecular weight is 399 g/mol. The van der Waals surface area contributed by atoms with Gasteiger partial charge in [0.05, 0.1) is 0 Å². The van der Waals surface area contributed by atoms with Crippen LogP contribution in [0.25, 0.3) is 0 Å². The molecular weight excluding hydrogens is 360 g/mol. The van der Waals surface area contributed by atoms with Gasteiger partial charge in [0.2, 0.25) is 0 Å². The van der Waals surface area contributed by atoms with Crippen LogP contribution in [0.1, 0.15) is 92.0 Å². The van der Waals surface area contributed by atoms with E-state index in [1.54, 1.807) is 0 Å². The first-order valence-corrected chi connectivity index (χ1v) is 11.2. The molecule has 158 valence electrons. The van der Waals surface area contributed by atoms with E-state index in [4.69, 9.17) is 0 Å². The van der Waals surface area contributed by atoms with Crippen LogP contribution < -0.4 is 0 Å². The highest BCUT2D eigenvalue weighted by molar-refractivity contribution is 5.49. The van der Waals surface area contributed by atoms with Gasteiger partial charge in [-0.2, -0.15) is 0 Å². The van der Waals surface area contributed by atoms with E-state index in [0.29, 0.717) is 0 Å². The van der Waals surface area contributed by atoms with Crippen molar-refractivity contribution in [3.63, 3.8) is 0 Å². The lowest BCUT2D eigenvalue weighted by Gasteiger charge is -2.25. The second kappa shape index (κ2) is 8.06. The van der Waals surface area contributed by atoms with Crippen LogP contribution in [-0.4, -0.2) is 0 Å². The third-order valence-corrected chi connectivity index (χ3v) is 6.50. The Labute approximate surface area is 184 Å². The molecule has 0 atom stereocenters. The van der Waals surface area contributed by atoms with Crippen molar-refractivity contribution in [1.82, 2.24) is 0 Å². The molecule has 0 nitrogen and oxygen atoms in total. The van der Waals surface area contributed by atoms with Crippen LogP contribution in [-0.2, 0) is 10.8 Å². The van der Waals surface area contributed by atoms with Gasteiger partial charge in [0.15, 0.2) is 0 Å². The summed E-state index contributed by atoms with van der Waals surface area (Å²) in [5.74, 6) is 0.242. The minimum Gasteiger partial charge on any atom is -0.0582 e. The lowest BCUT2D eigenvalue weighted by Crippen LogP contribution is -2.13. The third kappa shape index (κ3) is 4.69. The molecule has 0 aliphatic carbocycles. The Balaban J connectivity index is 2.14. The second-order valence-electron chi connectivity index (χ2n) is 11.0. The van der Waals surface area contributed by atoms with Gasteiger partial charge in [-0.3, -0.25) is 0 Å². The van der Waals surface area contributed by atoms with Crippen molar-refractivity contribution in [3.8, 4) is 0 Å². The highest BCUT2D eigenvalue weighted by Gasteiger charge is 2.21. The second-order valence-corrected chi connectivity index (χ2v) is 11.0. The predicted octanol–water partition coefficient (Wildman–Crippen LogP) is 8.39. The van der Waals surface area contributed by atoms with Gasteiger partial charge in [-0.15, -0.1) is 0 Å². The van der Waals surface area contributed by atoms with Crippen LogP contribution in [0.3, 0.4) is 0 Å². The van der Waals surface area contributed by atoms with Crippen LogP contribution in [0.5, 0.6) is 0 Å². The Morgan fingerprint density at radius 3 is 1.13 bits per heavy atom. The number of benzene rings is 3. The summed E-state index contributed by atoms with van der Waals surface area (Å²) < 4.78 is 0. The van der Waals surface area contributed by atoms with E-state index in [0.717, 1.165) is 0 Å². The highest BCUT2D eigenvalue weighted by atomic mass is 14.3. The zero-order chi connectivity index (χ0) is 22.3. The lowest BCUT2D eigenvalue weighted by molar-refractivity contribution is 0.589. The van der Waals surface area contributed by atoms with Crippen molar-refractivity contribution in [1.29, 1.82) is 0 Å². The van der Waals surface area contributed by atoms with Crippen molar-refractivity contribution in [3.05, 3.63) is 105 Å². The molecule has 3 rings (SSSR count). The quantitative estimate of drug-likeness (QED) is 0.389. The van der Waals surface area contributed by atoms with E-state index in [2.05, 4.69) is 123 Å². The van der Waals surface area contributed by atoms with Crippen molar-refractivity contribution in [2.75, 3.05) is 0 Å². The SMILES string of the molecule is Cc1cc(C(c2ccc(C(C)(C)C)cc2)c2ccc(C(C)(C)C)cc2)cc(C)c1C. The molecule has 0 saturated carbocycles. The Morgan fingerprint density at radius 1 is 0.500 bits per heavy atom. The van der Waals surface area contributed by atoms with Crippen LogP contribution in [0.15, 0.2) is 60.7 Å². The fraction of sp³-hybridized carbons (Fsp3) is 0.400. The van der Waals surface area contributed by atoms with Gasteiger partial charge in [0.25, 0.3) is 0 Å². The number of hydrogen-bond donors (Lipinski definition) is 0. The van der Waals surface area contributed by atoms with Crippen LogP contribution in [0, 0.1) is 20.8 Å².